The van der Waals surface area contributed by atoms with Crippen LogP contribution in [0.1, 0.15) is 12.6 Å². The molecule has 0 atom stereocenters. The summed E-state index contributed by atoms with van der Waals surface area (Å²) in [5.74, 6) is -0.388. The highest BCUT2D eigenvalue weighted by Crippen LogP contribution is 2.19. The molecule has 1 aromatic rings. The molecule has 0 fully saturated rings. The number of carbonyl (C=O) groups is 2. The van der Waals surface area contributed by atoms with Gasteiger partial charge in [-0.1, -0.05) is 0 Å². The van der Waals surface area contributed by atoms with Gasteiger partial charge in [0, 0.05) is 18.1 Å². The number of rotatable bonds is 5. The molecule has 0 aliphatic rings. The van der Waals surface area contributed by atoms with Crippen molar-refractivity contribution in [2.24, 2.45) is 0 Å². The number of hydrogen-bond acceptors (Lipinski definition) is 5. The zero-order valence-corrected chi connectivity index (χ0v) is 9.65. The lowest BCUT2D eigenvalue weighted by Crippen LogP contribution is -2.05. The molecule has 1 amide bonds. The lowest BCUT2D eigenvalue weighted by molar-refractivity contribution is -0.133. The average Bonchev–Trinajstić information content (AvgIpc) is 2.50. The fourth-order valence-electron chi connectivity index (χ4n) is 0.824. The first-order valence-corrected chi connectivity index (χ1v) is 6.13. The van der Waals surface area contributed by atoms with Gasteiger partial charge in [-0.2, -0.15) is 0 Å². The van der Waals surface area contributed by atoms with Crippen molar-refractivity contribution >= 4 is 40.1 Å². The number of aliphatic carboxylic acids is 1. The van der Waals surface area contributed by atoms with Crippen LogP contribution in [0.15, 0.2) is 5.38 Å². The first-order valence-electron chi connectivity index (χ1n) is 4.09. The number of anilines is 1. The second kappa shape index (κ2) is 5.72. The van der Waals surface area contributed by atoms with E-state index in [0.29, 0.717) is 10.9 Å². The lowest BCUT2D eigenvalue weighted by atomic mass is 10.6. The number of carbonyl (C=O) groups excluding carboxylic acids is 1. The van der Waals surface area contributed by atoms with Crippen molar-refractivity contribution in [3.8, 4) is 0 Å². The molecular formula is C8H10N2O3S2. The molecular weight excluding hydrogens is 236 g/mol. The Morgan fingerprint density at radius 1 is 1.67 bits per heavy atom. The van der Waals surface area contributed by atoms with Crippen LogP contribution in [-0.2, 0) is 15.3 Å². The molecule has 0 aromatic carbocycles. The van der Waals surface area contributed by atoms with E-state index in [-0.39, 0.29) is 11.7 Å². The maximum absolute atomic E-state index is 10.7. The zero-order valence-electron chi connectivity index (χ0n) is 8.02. The third kappa shape index (κ3) is 4.80. The van der Waals surface area contributed by atoms with E-state index in [2.05, 4.69) is 10.3 Å². The van der Waals surface area contributed by atoms with Crippen molar-refractivity contribution in [2.75, 3.05) is 11.1 Å². The molecule has 2 N–H and O–H groups in total. The van der Waals surface area contributed by atoms with Gasteiger partial charge in [-0.25, -0.2) is 4.98 Å². The number of hydrogen-bond donors (Lipinski definition) is 2. The number of thiazole rings is 1. The van der Waals surface area contributed by atoms with E-state index in [1.165, 1.54) is 30.0 Å². The predicted molar refractivity (Wildman–Crippen MR) is 60.2 cm³/mol. The van der Waals surface area contributed by atoms with Crippen LogP contribution < -0.4 is 5.32 Å². The zero-order chi connectivity index (χ0) is 11.3. The Morgan fingerprint density at radius 3 is 3.00 bits per heavy atom. The van der Waals surface area contributed by atoms with Gasteiger partial charge in [0.1, 0.15) is 0 Å². The second-order valence-corrected chi connectivity index (χ2v) is 4.56. The van der Waals surface area contributed by atoms with Crippen LogP contribution in [-0.4, -0.2) is 27.7 Å². The van der Waals surface area contributed by atoms with Crippen molar-refractivity contribution in [1.82, 2.24) is 4.98 Å². The molecule has 82 valence electrons. The Morgan fingerprint density at radius 2 is 2.40 bits per heavy atom. The maximum atomic E-state index is 10.7. The van der Waals surface area contributed by atoms with Crippen molar-refractivity contribution in [3.05, 3.63) is 11.1 Å². The molecule has 0 radical (unpaired) electrons. The number of thioether (sulfide) groups is 1. The van der Waals surface area contributed by atoms with Gasteiger partial charge in [-0.3, -0.25) is 9.59 Å². The van der Waals surface area contributed by atoms with E-state index in [1.807, 2.05) is 0 Å². The summed E-state index contributed by atoms with van der Waals surface area (Å²) in [5.41, 5.74) is 0.787. The van der Waals surface area contributed by atoms with Crippen molar-refractivity contribution in [3.63, 3.8) is 0 Å². The molecule has 0 saturated heterocycles. The van der Waals surface area contributed by atoms with E-state index in [4.69, 9.17) is 5.11 Å². The SMILES string of the molecule is CC(=O)Nc1nc(CSCC(=O)O)cs1. The quantitative estimate of drug-likeness (QED) is 0.821. The van der Waals surface area contributed by atoms with E-state index < -0.39 is 5.97 Å². The first kappa shape index (κ1) is 12.0. The van der Waals surface area contributed by atoms with Crippen LogP contribution in [0.2, 0.25) is 0 Å². The van der Waals surface area contributed by atoms with Gasteiger partial charge in [0.05, 0.1) is 11.4 Å². The van der Waals surface area contributed by atoms with Crippen LogP contribution in [0.4, 0.5) is 5.13 Å². The summed E-state index contributed by atoms with van der Waals surface area (Å²) in [6.45, 7) is 1.42. The Kier molecular flexibility index (Phi) is 4.57. The van der Waals surface area contributed by atoms with Gasteiger partial charge in [-0.15, -0.1) is 23.1 Å². The van der Waals surface area contributed by atoms with Crippen LogP contribution >= 0.6 is 23.1 Å². The molecule has 0 unspecified atom stereocenters. The summed E-state index contributed by atoms with van der Waals surface area (Å²) in [5, 5.41) is 13.3. The van der Waals surface area contributed by atoms with Crippen LogP contribution in [0.3, 0.4) is 0 Å². The summed E-state index contributed by atoms with van der Waals surface area (Å²) in [6, 6.07) is 0. The van der Waals surface area contributed by atoms with Gasteiger partial charge in [0.15, 0.2) is 5.13 Å². The Hall–Kier alpha value is -1.08. The van der Waals surface area contributed by atoms with Crippen molar-refractivity contribution in [2.45, 2.75) is 12.7 Å². The molecule has 0 saturated carbocycles. The molecule has 1 heterocycles. The van der Waals surface area contributed by atoms with E-state index >= 15 is 0 Å². The lowest BCUT2D eigenvalue weighted by Gasteiger charge is -1.95. The third-order valence-electron chi connectivity index (χ3n) is 1.31. The number of amides is 1. The number of nitrogens with one attached hydrogen (secondary N) is 1. The van der Waals surface area contributed by atoms with Crippen molar-refractivity contribution in [1.29, 1.82) is 0 Å². The fraction of sp³-hybridized carbons (Fsp3) is 0.375. The van der Waals surface area contributed by atoms with Gasteiger partial charge < -0.3 is 10.4 Å². The third-order valence-corrected chi connectivity index (χ3v) is 3.07. The molecule has 0 aliphatic carbocycles. The van der Waals surface area contributed by atoms with Gasteiger partial charge in [0.2, 0.25) is 5.91 Å². The fourth-order valence-corrected chi connectivity index (χ4v) is 2.32. The standard InChI is InChI=1S/C8H10N2O3S2/c1-5(11)9-8-10-6(3-15-8)2-14-4-7(12)13/h3H,2,4H2,1H3,(H,12,13)(H,9,10,11). The number of nitrogens with zero attached hydrogens (tertiary/aromatic N) is 1. The van der Waals surface area contributed by atoms with Crippen LogP contribution in [0.5, 0.6) is 0 Å². The summed E-state index contributed by atoms with van der Waals surface area (Å²) in [6.07, 6.45) is 0. The van der Waals surface area contributed by atoms with E-state index in [9.17, 15) is 9.59 Å². The molecule has 7 heteroatoms. The first-order chi connectivity index (χ1) is 7.08. The summed E-state index contributed by atoms with van der Waals surface area (Å²) >= 11 is 2.61. The highest BCUT2D eigenvalue weighted by molar-refractivity contribution is 7.99. The van der Waals surface area contributed by atoms with Crippen LogP contribution in [0, 0.1) is 0 Å². The minimum atomic E-state index is -0.836. The van der Waals surface area contributed by atoms with Gasteiger partial charge in [-0.05, 0) is 0 Å². The molecule has 0 aliphatic heterocycles. The van der Waals surface area contributed by atoms with Gasteiger partial charge in [0.25, 0.3) is 0 Å². The predicted octanol–water partition coefficient (Wildman–Crippen LogP) is 1.42. The minimum absolute atomic E-state index is 0.0625. The highest BCUT2D eigenvalue weighted by Gasteiger charge is 2.04. The Balaban J connectivity index is 2.39. The summed E-state index contributed by atoms with van der Waals surface area (Å²) in [4.78, 5) is 25.1. The summed E-state index contributed by atoms with van der Waals surface area (Å²) in [7, 11) is 0. The van der Waals surface area contributed by atoms with Gasteiger partial charge >= 0.3 is 5.97 Å². The Bertz CT molecular complexity index is 365. The van der Waals surface area contributed by atoms with Crippen molar-refractivity contribution < 1.29 is 14.7 Å². The normalized spacial score (nSPS) is 9.93. The minimum Gasteiger partial charge on any atom is -0.481 e. The topological polar surface area (TPSA) is 79.3 Å². The molecule has 0 spiro atoms. The molecule has 1 aromatic heterocycles. The monoisotopic (exact) mass is 246 g/mol. The number of carboxylic acids is 1. The second-order valence-electron chi connectivity index (χ2n) is 2.71. The smallest absolute Gasteiger partial charge is 0.313 e. The molecule has 1 rings (SSSR count). The number of aromatic nitrogens is 1. The molecule has 15 heavy (non-hydrogen) atoms. The van der Waals surface area contributed by atoms with Crippen LogP contribution in [0.25, 0.3) is 0 Å². The largest absolute Gasteiger partial charge is 0.481 e. The highest BCUT2D eigenvalue weighted by atomic mass is 32.2. The Labute approximate surface area is 94.9 Å². The molecule has 0 bridgehead atoms. The summed E-state index contributed by atoms with van der Waals surface area (Å²) < 4.78 is 0. The number of carboxylic acid groups (broad SMARTS) is 1. The molecule has 5 nitrogen and oxygen atoms in total. The van der Waals surface area contributed by atoms with E-state index in [1.54, 1.807) is 5.38 Å². The average molecular weight is 246 g/mol. The van der Waals surface area contributed by atoms with E-state index in [0.717, 1.165) is 5.69 Å². The maximum Gasteiger partial charge on any atom is 0.313 e.